The molecule has 0 rings (SSSR count). The molecule has 0 saturated carbocycles. The van der Waals surface area contributed by atoms with Crippen LogP contribution in [0, 0.1) is 17.8 Å². The lowest BCUT2D eigenvalue weighted by Crippen LogP contribution is -2.30. The first-order valence-electron chi connectivity index (χ1n) is 48.5. The van der Waals surface area contributed by atoms with E-state index in [9.17, 15) is 43.2 Å². The van der Waals surface area contributed by atoms with Crippen molar-refractivity contribution in [3.05, 3.63) is 0 Å². The molecule has 113 heavy (non-hydrogen) atoms. The number of carbonyl (C=O) groups excluding carboxylic acids is 4. The Balaban J connectivity index is 5.13. The fourth-order valence-electron chi connectivity index (χ4n) is 14.7. The monoisotopic (exact) mass is 1650 g/mol. The average molecular weight is 1650 g/mol. The maximum atomic E-state index is 13.2. The highest BCUT2D eigenvalue weighted by atomic mass is 31.2. The highest BCUT2D eigenvalue weighted by Crippen LogP contribution is 2.45. The maximum Gasteiger partial charge on any atom is 0.472 e. The number of phosphoric ester groups is 2. The van der Waals surface area contributed by atoms with Crippen molar-refractivity contribution in [3.63, 3.8) is 0 Å². The lowest BCUT2D eigenvalue weighted by molar-refractivity contribution is -0.161. The number of hydrogen-bond acceptors (Lipinski definition) is 15. The Morgan fingerprint density at radius 2 is 0.425 bits per heavy atom. The number of hydrogen-bond donors (Lipinski definition) is 3. The van der Waals surface area contributed by atoms with Gasteiger partial charge in [0.05, 0.1) is 26.4 Å². The van der Waals surface area contributed by atoms with Crippen LogP contribution in [0.1, 0.15) is 504 Å². The fourth-order valence-corrected chi connectivity index (χ4v) is 16.3. The Labute approximate surface area is 696 Å². The Morgan fingerprint density at radius 1 is 0.248 bits per heavy atom. The molecule has 0 aromatic rings. The molecule has 0 aromatic heterocycles. The van der Waals surface area contributed by atoms with E-state index in [1.807, 2.05) is 0 Å². The molecule has 3 N–H and O–H groups in total. The summed E-state index contributed by atoms with van der Waals surface area (Å²) in [5, 5.41) is 10.7. The van der Waals surface area contributed by atoms with Crippen LogP contribution in [0.2, 0.25) is 0 Å². The van der Waals surface area contributed by atoms with Crippen molar-refractivity contribution in [3.8, 4) is 0 Å². The third kappa shape index (κ3) is 83.5. The molecule has 0 bridgehead atoms. The summed E-state index contributed by atoms with van der Waals surface area (Å²) < 4.78 is 69.0. The summed E-state index contributed by atoms with van der Waals surface area (Å²) in [6, 6.07) is 0. The van der Waals surface area contributed by atoms with E-state index < -0.39 is 97.5 Å². The predicted molar refractivity (Wildman–Crippen MR) is 469 cm³/mol. The molecule has 19 heteroatoms. The average Bonchev–Trinajstić information content (AvgIpc) is 0.886. The van der Waals surface area contributed by atoms with Crippen molar-refractivity contribution in [2.45, 2.75) is 523 Å². The summed E-state index contributed by atoms with van der Waals surface area (Å²) in [4.78, 5) is 73.3. The topological polar surface area (TPSA) is 237 Å². The van der Waals surface area contributed by atoms with Gasteiger partial charge >= 0.3 is 39.5 Å². The Bertz CT molecular complexity index is 2170. The molecule has 0 aliphatic heterocycles. The second-order valence-corrected chi connectivity index (χ2v) is 37.4. The number of ether oxygens (including phenoxy) is 4. The Morgan fingerprint density at radius 3 is 0.628 bits per heavy atom. The minimum atomic E-state index is -4.97. The quantitative estimate of drug-likeness (QED) is 0.0222. The molecule has 8 atom stereocenters. The normalized spacial score (nSPS) is 14.5. The zero-order chi connectivity index (χ0) is 82.9. The van der Waals surface area contributed by atoms with Crippen molar-refractivity contribution in [2.24, 2.45) is 17.8 Å². The lowest BCUT2D eigenvalue weighted by Gasteiger charge is -2.21. The van der Waals surface area contributed by atoms with Crippen molar-refractivity contribution < 1.29 is 80.2 Å². The molecule has 0 aliphatic carbocycles. The van der Waals surface area contributed by atoms with Gasteiger partial charge in [0.25, 0.3) is 0 Å². The van der Waals surface area contributed by atoms with Gasteiger partial charge in [-0.05, 0) is 43.4 Å². The Hall–Kier alpha value is -1.94. The summed E-state index contributed by atoms with van der Waals surface area (Å²) >= 11 is 0. The van der Waals surface area contributed by atoms with E-state index >= 15 is 0 Å². The van der Waals surface area contributed by atoms with Crippen LogP contribution in [-0.2, 0) is 65.4 Å². The molecule has 5 unspecified atom stereocenters. The number of rotatable bonds is 92. The predicted octanol–water partition coefficient (Wildman–Crippen LogP) is 29.2. The van der Waals surface area contributed by atoms with E-state index in [1.54, 1.807) is 0 Å². The van der Waals surface area contributed by atoms with Gasteiger partial charge in [-0.2, -0.15) is 0 Å². The summed E-state index contributed by atoms with van der Waals surface area (Å²) in [7, 11) is -9.93. The molecular formula is C94H184O17P2. The number of unbranched alkanes of at least 4 members (excludes halogenated alkanes) is 57. The zero-order valence-corrected chi connectivity index (χ0v) is 76.7. The largest absolute Gasteiger partial charge is 0.472 e. The van der Waals surface area contributed by atoms with Gasteiger partial charge in [-0.25, -0.2) is 9.13 Å². The summed E-state index contributed by atoms with van der Waals surface area (Å²) in [5.74, 6) is 0.515. The van der Waals surface area contributed by atoms with Gasteiger partial charge in [-0.3, -0.25) is 37.3 Å². The third-order valence-corrected chi connectivity index (χ3v) is 25.1. The van der Waals surface area contributed by atoms with Crippen LogP contribution in [0.15, 0.2) is 0 Å². The first-order chi connectivity index (χ1) is 54.8. The number of aliphatic hydroxyl groups is 1. The van der Waals surface area contributed by atoms with Gasteiger partial charge in [-0.15, -0.1) is 0 Å². The SMILES string of the molecule is CCCCCCCCCC(=O)OC[C@H](COP(=O)(O)OC[C@H](O)COP(=O)(O)OC[C@@H](COC(=O)CCCCCCCCCCCCCCCCCCCCC(C)CC)OC(=O)CCCCCCCCCCCCCCCCCCCCC(C)CC)OC(=O)CCCCCCCCCCCCCCCCCCCCC(C)CC. The van der Waals surface area contributed by atoms with Gasteiger partial charge in [0.2, 0.25) is 0 Å². The summed E-state index contributed by atoms with van der Waals surface area (Å²) in [5.41, 5.74) is 0. The molecule has 0 saturated heterocycles. The van der Waals surface area contributed by atoms with Crippen molar-refractivity contribution in [1.82, 2.24) is 0 Å². The molecule has 0 fully saturated rings. The minimum absolute atomic E-state index is 0.108. The van der Waals surface area contributed by atoms with E-state index in [0.29, 0.717) is 25.7 Å². The molecule has 0 heterocycles. The summed E-state index contributed by atoms with van der Waals surface area (Å²) in [6.45, 7) is 12.2. The Kier molecular flexibility index (Phi) is 82.3. The summed E-state index contributed by atoms with van der Waals surface area (Å²) in [6.07, 6.45) is 78.0. The van der Waals surface area contributed by atoms with Crippen molar-refractivity contribution >= 4 is 39.5 Å². The van der Waals surface area contributed by atoms with Crippen LogP contribution in [0.3, 0.4) is 0 Å². The number of esters is 4. The maximum absolute atomic E-state index is 13.2. The molecule has 672 valence electrons. The second-order valence-electron chi connectivity index (χ2n) is 34.5. The standard InChI is InChI=1S/C94H184O17P2/c1-8-12-13-14-51-61-68-75-91(96)104-81-89(110-93(98)77-70-63-56-49-43-37-31-25-19-16-22-28-34-40-46-53-59-66-73-86(6)10-3)83-108-112(100,101)106-79-88(95)80-107-113(102,103)109-84-90(111-94(99)78-71-64-57-50-44-38-32-26-20-17-23-29-35-41-47-54-60-67-74-87(7)11-4)82-105-92(97)76-69-62-55-48-42-36-30-24-18-15-21-27-33-39-45-52-58-65-72-85(5)9-2/h85-90,95H,8-84H2,1-7H3,(H,100,101)(H,102,103)/t85?,86?,87?,88-,89+,90+/m0/s1. The van der Waals surface area contributed by atoms with Crippen LogP contribution in [0.4, 0.5) is 0 Å². The molecule has 17 nitrogen and oxygen atoms in total. The van der Waals surface area contributed by atoms with E-state index in [2.05, 4.69) is 48.5 Å². The van der Waals surface area contributed by atoms with Crippen LogP contribution < -0.4 is 0 Å². The lowest BCUT2D eigenvalue weighted by atomic mass is 9.99. The van der Waals surface area contributed by atoms with Gasteiger partial charge in [0, 0.05) is 25.7 Å². The van der Waals surface area contributed by atoms with Crippen molar-refractivity contribution in [2.75, 3.05) is 39.6 Å². The third-order valence-electron chi connectivity index (χ3n) is 23.2. The van der Waals surface area contributed by atoms with Gasteiger partial charge in [-0.1, -0.05) is 453 Å². The molecule has 0 amide bonds. The van der Waals surface area contributed by atoms with Gasteiger partial charge in [0.1, 0.15) is 19.3 Å². The first-order valence-corrected chi connectivity index (χ1v) is 51.5. The van der Waals surface area contributed by atoms with Crippen LogP contribution in [-0.4, -0.2) is 96.7 Å². The molecule has 0 radical (unpaired) electrons. The van der Waals surface area contributed by atoms with Crippen molar-refractivity contribution in [1.29, 1.82) is 0 Å². The molecular weight excluding hydrogens is 1460 g/mol. The highest BCUT2D eigenvalue weighted by Gasteiger charge is 2.31. The van der Waals surface area contributed by atoms with Gasteiger partial charge in [0.15, 0.2) is 12.2 Å². The van der Waals surface area contributed by atoms with Crippen LogP contribution in [0.25, 0.3) is 0 Å². The highest BCUT2D eigenvalue weighted by molar-refractivity contribution is 7.47. The van der Waals surface area contributed by atoms with Gasteiger partial charge < -0.3 is 33.8 Å². The zero-order valence-electron chi connectivity index (χ0n) is 74.9. The first kappa shape index (κ1) is 111. The second kappa shape index (κ2) is 83.7. The van der Waals surface area contributed by atoms with E-state index in [1.165, 1.54) is 302 Å². The van der Waals surface area contributed by atoms with E-state index in [0.717, 1.165) is 120 Å². The minimum Gasteiger partial charge on any atom is -0.462 e. The number of phosphoric acid groups is 2. The molecule has 0 aromatic carbocycles. The fraction of sp³-hybridized carbons (Fsp3) is 0.957. The van der Waals surface area contributed by atoms with E-state index in [-0.39, 0.29) is 25.7 Å². The molecule has 0 spiro atoms. The van der Waals surface area contributed by atoms with E-state index in [4.69, 9.17) is 37.0 Å². The van der Waals surface area contributed by atoms with Crippen LogP contribution in [0.5, 0.6) is 0 Å². The molecule has 0 aliphatic rings. The van der Waals surface area contributed by atoms with Crippen LogP contribution >= 0.6 is 15.6 Å². The number of aliphatic hydroxyl groups excluding tert-OH is 1. The number of carbonyl (C=O) groups is 4. The smallest absolute Gasteiger partial charge is 0.462 e.